The zero-order chi connectivity index (χ0) is 12.4. The standard InChI is InChI=1S/C10H10BrFN2O3/c11-7-3-9(14(15)16)10(4-8(7)12)17-6-1-2-13-5-6/h3-4,6,13H,1-2,5H2/t6-/m0/s1. The van der Waals surface area contributed by atoms with Crippen LogP contribution in [-0.4, -0.2) is 24.1 Å². The van der Waals surface area contributed by atoms with Gasteiger partial charge in [-0.15, -0.1) is 0 Å². The van der Waals surface area contributed by atoms with Gasteiger partial charge in [-0.3, -0.25) is 10.1 Å². The normalized spacial score (nSPS) is 19.3. The van der Waals surface area contributed by atoms with Crippen LogP contribution in [0.4, 0.5) is 10.1 Å². The van der Waals surface area contributed by atoms with Gasteiger partial charge in [0.2, 0.25) is 0 Å². The molecule has 2 rings (SSSR count). The summed E-state index contributed by atoms with van der Waals surface area (Å²) in [5, 5.41) is 13.9. The largest absolute Gasteiger partial charge is 0.482 e. The molecule has 92 valence electrons. The van der Waals surface area contributed by atoms with Crippen LogP contribution >= 0.6 is 15.9 Å². The maximum Gasteiger partial charge on any atom is 0.312 e. The van der Waals surface area contributed by atoms with E-state index >= 15 is 0 Å². The molecule has 5 nitrogen and oxygen atoms in total. The average molecular weight is 305 g/mol. The number of rotatable bonds is 3. The van der Waals surface area contributed by atoms with Crippen LogP contribution in [0.3, 0.4) is 0 Å². The molecule has 7 heteroatoms. The Morgan fingerprint density at radius 1 is 1.59 bits per heavy atom. The Kier molecular flexibility index (Phi) is 3.58. The fourth-order valence-electron chi connectivity index (χ4n) is 1.66. The van der Waals surface area contributed by atoms with Gasteiger partial charge >= 0.3 is 5.69 Å². The summed E-state index contributed by atoms with van der Waals surface area (Å²) in [4.78, 5) is 10.2. The molecule has 1 aromatic rings. The SMILES string of the molecule is O=[N+]([O-])c1cc(Br)c(F)cc1O[C@H]1CCNC1. The van der Waals surface area contributed by atoms with Crippen molar-refractivity contribution in [2.45, 2.75) is 12.5 Å². The molecule has 0 aromatic heterocycles. The maximum atomic E-state index is 13.3. The molecular weight excluding hydrogens is 295 g/mol. The average Bonchev–Trinajstić information content (AvgIpc) is 2.75. The minimum absolute atomic E-state index is 0.0237. The van der Waals surface area contributed by atoms with E-state index in [1.54, 1.807) is 0 Å². The number of hydrogen-bond acceptors (Lipinski definition) is 4. The van der Waals surface area contributed by atoms with Crippen LogP contribution in [0, 0.1) is 15.9 Å². The highest BCUT2D eigenvalue weighted by Crippen LogP contribution is 2.33. The number of benzene rings is 1. The van der Waals surface area contributed by atoms with Gasteiger partial charge in [0.1, 0.15) is 11.9 Å². The molecule has 1 N–H and O–H groups in total. The summed E-state index contributed by atoms with van der Waals surface area (Å²) in [6, 6.07) is 2.16. The molecule has 1 fully saturated rings. The van der Waals surface area contributed by atoms with Gasteiger partial charge in [0.15, 0.2) is 5.75 Å². The number of hydrogen-bond donors (Lipinski definition) is 1. The molecule has 0 radical (unpaired) electrons. The third-order valence-electron chi connectivity index (χ3n) is 2.51. The minimum Gasteiger partial charge on any atom is -0.482 e. The third kappa shape index (κ3) is 2.73. The van der Waals surface area contributed by atoms with E-state index in [2.05, 4.69) is 21.2 Å². The lowest BCUT2D eigenvalue weighted by Crippen LogP contribution is -2.20. The van der Waals surface area contributed by atoms with Gasteiger partial charge in [-0.05, 0) is 28.9 Å². The van der Waals surface area contributed by atoms with E-state index in [1.165, 1.54) is 0 Å². The number of nitrogens with zero attached hydrogens (tertiary/aromatic N) is 1. The van der Waals surface area contributed by atoms with Crippen molar-refractivity contribution in [3.8, 4) is 5.75 Å². The van der Waals surface area contributed by atoms with E-state index in [-0.39, 0.29) is 22.0 Å². The summed E-state index contributed by atoms with van der Waals surface area (Å²) in [6.45, 7) is 1.42. The highest BCUT2D eigenvalue weighted by Gasteiger charge is 2.23. The fourth-order valence-corrected chi connectivity index (χ4v) is 1.99. The lowest BCUT2D eigenvalue weighted by molar-refractivity contribution is -0.386. The van der Waals surface area contributed by atoms with Crippen LogP contribution in [0.25, 0.3) is 0 Å². The van der Waals surface area contributed by atoms with Crippen molar-refractivity contribution in [2.75, 3.05) is 13.1 Å². The highest BCUT2D eigenvalue weighted by atomic mass is 79.9. The quantitative estimate of drug-likeness (QED) is 0.687. The van der Waals surface area contributed by atoms with Crippen LogP contribution in [0.2, 0.25) is 0 Å². The smallest absolute Gasteiger partial charge is 0.312 e. The first kappa shape index (κ1) is 12.3. The third-order valence-corrected chi connectivity index (χ3v) is 3.11. The molecule has 0 aliphatic carbocycles. The maximum absolute atomic E-state index is 13.3. The first-order valence-corrected chi connectivity index (χ1v) is 5.88. The second-order valence-corrected chi connectivity index (χ2v) is 4.58. The second kappa shape index (κ2) is 4.97. The van der Waals surface area contributed by atoms with Gasteiger partial charge in [0.05, 0.1) is 9.40 Å². The van der Waals surface area contributed by atoms with Crippen LogP contribution in [0.5, 0.6) is 5.75 Å². The minimum atomic E-state index is -0.581. The predicted molar refractivity (Wildman–Crippen MR) is 62.7 cm³/mol. The summed E-state index contributed by atoms with van der Waals surface area (Å²) in [6.07, 6.45) is 0.615. The van der Waals surface area contributed by atoms with Crippen molar-refractivity contribution in [3.63, 3.8) is 0 Å². The first-order chi connectivity index (χ1) is 8.08. The highest BCUT2D eigenvalue weighted by molar-refractivity contribution is 9.10. The van der Waals surface area contributed by atoms with Crippen LogP contribution in [-0.2, 0) is 0 Å². The topological polar surface area (TPSA) is 64.4 Å². The number of halogens is 2. The van der Waals surface area contributed by atoms with Gasteiger partial charge < -0.3 is 10.1 Å². The van der Waals surface area contributed by atoms with Crippen LogP contribution < -0.4 is 10.1 Å². The van der Waals surface area contributed by atoms with E-state index in [0.29, 0.717) is 6.54 Å². The van der Waals surface area contributed by atoms with Crippen molar-refractivity contribution in [1.29, 1.82) is 0 Å². The zero-order valence-electron chi connectivity index (χ0n) is 8.78. The molecule has 0 saturated carbocycles. The number of nitrogens with one attached hydrogen (secondary N) is 1. The summed E-state index contributed by atoms with van der Waals surface area (Å²) < 4.78 is 18.8. The molecule has 0 amide bonds. The van der Waals surface area contributed by atoms with Gasteiger partial charge in [-0.2, -0.15) is 0 Å². The Hall–Kier alpha value is -1.21. The fraction of sp³-hybridized carbons (Fsp3) is 0.400. The van der Waals surface area contributed by atoms with Gasteiger partial charge in [0.25, 0.3) is 0 Å². The number of ether oxygens (including phenoxy) is 1. The molecule has 0 spiro atoms. The molecule has 1 heterocycles. The summed E-state index contributed by atoms with van der Waals surface area (Å²) in [5.41, 5.74) is -0.231. The Labute approximate surface area is 105 Å². The Balaban J connectivity index is 2.29. The molecule has 1 atom stereocenters. The lowest BCUT2D eigenvalue weighted by atomic mass is 10.2. The number of nitro benzene ring substituents is 1. The summed E-state index contributed by atoms with van der Waals surface area (Å²) in [7, 11) is 0. The Morgan fingerprint density at radius 3 is 2.94 bits per heavy atom. The van der Waals surface area contributed by atoms with E-state index in [9.17, 15) is 14.5 Å². The summed E-state index contributed by atoms with van der Waals surface area (Å²) in [5.74, 6) is -0.596. The van der Waals surface area contributed by atoms with Gasteiger partial charge in [-0.1, -0.05) is 0 Å². The van der Waals surface area contributed by atoms with Crippen molar-refractivity contribution in [1.82, 2.24) is 5.32 Å². The van der Waals surface area contributed by atoms with E-state index in [1.807, 2.05) is 0 Å². The van der Waals surface area contributed by atoms with Crippen LogP contribution in [0.15, 0.2) is 16.6 Å². The molecule has 1 saturated heterocycles. The summed E-state index contributed by atoms with van der Waals surface area (Å²) >= 11 is 2.91. The molecule has 0 unspecified atom stereocenters. The monoisotopic (exact) mass is 304 g/mol. The van der Waals surface area contributed by atoms with Gasteiger partial charge in [-0.25, -0.2) is 4.39 Å². The van der Waals surface area contributed by atoms with E-state index in [0.717, 1.165) is 25.1 Å². The molecule has 0 bridgehead atoms. The molecule has 1 aliphatic rings. The van der Waals surface area contributed by atoms with Crippen LogP contribution in [0.1, 0.15) is 6.42 Å². The molecule has 1 aromatic carbocycles. The first-order valence-electron chi connectivity index (χ1n) is 5.08. The van der Waals surface area contributed by atoms with Crippen molar-refractivity contribution >= 4 is 21.6 Å². The van der Waals surface area contributed by atoms with Gasteiger partial charge in [0, 0.05) is 18.7 Å². The van der Waals surface area contributed by atoms with Crippen molar-refractivity contribution < 1.29 is 14.1 Å². The van der Waals surface area contributed by atoms with Crippen molar-refractivity contribution in [3.05, 3.63) is 32.5 Å². The lowest BCUT2D eigenvalue weighted by Gasteiger charge is -2.12. The zero-order valence-corrected chi connectivity index (χ0v) is 10.4. The number of nitro groups is 1. The van der Waals surface area contributed by atoms with E-state index in [4.69, 9.17) is 4.74 Å². The molecular formula is C10H10BrFN2O3. The molecule has 1 aliphatic heterocycles. The Bertz CT molecular complexity index is 449. The predicted octanol–water partition coefficient (Wildman–Crippen LogP) is 2.24. The Morgan fingerprint density at radius 2 is 2.35 bits per heavy atom. The van der Waals surface area contributed by atoms with E-state index < -0.39 is 10.7 Å². The second-order valence-electron chi connectivity index (χ2n) is 3.72. The molecule has 17 heavy (non-hydrogen) atoms. The van der Waals surface area contributed by atoms with Crippen molar-refractivity contribution in [2.24, 2.45) is 0 Å².